The van der Waals surface area contributed by atoms with Gasteiger partial charge in [0.15, 0.2) is 0 Å². The molecule has 0 aliphatic carbocycles. The van der Waals surface area contributed by atoms with Crippen LogP contribution in [-0.2, 0) is 18.3 Å². The van der Waals surface area contributed by atoms with Crippen LogP contribution in [-0.4, -0.2) is 45.7 Å². The van der Waals surface area contributed by atoms with Crippen LogP contribution in [0, 0.1) is 0 Å². The van der Waals surface area contributed by atoms with E-state index in [0.29, 0.717) is 12.0 Å². The number of nitrogens with zero attached hydrogens (tertiary/aromatic N) is 4. The van der Waals surface area contributed by atoms with Crippen molar-refractivity contribution in [3.05, 3.63) is 11.4 Å². The van der Waals surface area contributed by atoms with Crippen molar-refractivity contribution >= 4 is 0 Å². The normalized spacial score (nSPS) is 20.9. The quantitative estimate of drug-likeness (QED) is 0.789. The Bertz CT molecular complexity index is 375. The van der Waals surface area contributed by atoms with Crippen LogP contribution >= 0.6 is 0 Å². The number of hydrogen-bond acceptors (Lipinski definition) is 4. The fourth-order valence-electron chi connectivity index (χ4n) is 2.43. The van der Waals surface area contributed by atoms with Crippen LogP contribution < -0.4 is 0 Å². The molecule has 1 aromatic rings. The summed E-state index contributed by atoms with van der Waals surface area (Å²) in [5.41, 5.74) is 2.35. The van der Waals surface area contributed by atoms with Gasteiger partial charge in [-0.15, -0.1) is 5.10 Å². The van der Waals surface area contributed by atoms with Crippen LogP contribution in [0.3, 0.4) is 0 Å². The van der Waals surface area contributed by atoms with Gasteiger partial charge < -0.3 is 4.74 Å². The SMILES string of the molecule is CCOC[C@H]1CN(C(C)C)Cc2nnn(C)c21. The minimum absolute atomic E-state index is 0.390. The Morgan fingerprint density at radius 3 is 2.88 bits per heavy atom. The van der Waals surface area contributed by atoms with Gasteiger partial charge in [0, 0.05) is 38.7 Å². The maximum atomic E-state index is 5.59. The molecule has 5 heteroatoms. The Morgan fingerprint density at radius 2 is 2.24 bits per heavy atom. The summed E-state index contributed by atoms with van der Waals surface area (Å²) in [6, 6.07) is 0.536. The van der Waals surface area contributed by atoms with Crippen molar-refractivity contribution < 1.29 is 4.74 Å². The van der Waals surface area contributed by atoms with Crippen LogP contribution in [0.4, 0.5) is 0 Å². The Hall–Kier alpha value is -0.940. The number of ether oxygens (including phenoxy) is 1. The highest BCUT2D eigenvalue weighted by Crippen LogP contribution is 2.27. The van der Waals surface area contributed by atoms with Crippen molar-refractivity contribution in [1.29, 1.82) is 0 Å². The summed E-state index contributed by atoms with van der Waals surface area (Å²) < 4.78 is 7.49. The molecule has 0 spiro atoms. The van der Waals surface area contributed by atoms with Crippen molar-refractivity contribution in [2.24, 2.45) is 7.05 Å². The lowest BCUT2D eigenvalue weighted by molar-refractivity contribution is 0.0942. The number of rotatable bonds is 4. The molecule has 17 heavy (non-hydrogen) atoms. The van der Waals surface area contributed by atoms with E-state index in [9.17, 15) is 0 Å². The Morgan fingerprint density at radius 1 is 1.47 bits per heavy atom. The molecule has 0 radical (unpaired) electrons. The molecule has 0 fully saturated rings. The van der Waals surface area contributed by atoms with Crippen molar-refractivity contribution in [2.45, 2.75) is 39.3 Å². The average molecular weight is 238 g/mol. The zero-order valence-electron chi connectivity index (χ0n) is 11.2. The van der Waals surface area contributed by atoms with Crippen LogP contribution in [0.5, 0.6) is 0 Å². The van der Waals surface area contributed by atoms with E-state index in [2.05, 4.69) is 29.1 Å². The van der Waals surface area contributed by atoms with E-state index >= 15 is 0 Å². The first kappa shape index (κ1) is 12.5. The first-order valence-electron chi connectivity index (χ1n) is 6.33. The van der Waals surface area contributed by atoms with Gasteiger partial charge in [0.2, 0.25) is 0 Å². The molecule has 1 aromatic heterocycles. The van der Waals surface area contributed by atoms with E-state index in [1.165, 1.54) is 5.69 Å². The molecule has 1 aliphatic heterocycles. The molecule has 0 bridgehead atoms. The number of hydrogen-bond donors (Lipinski definition) is 0. The zero-order chi connectivity index (χ0) is 12.4. The summed E-state index contributed by atoms with van der Waals surface area (Å²) in [4.78, 5) is 2.43. The number of aryl methyl sites for hydroxylation is 1. The van der Waals surface area contributed by atoms with E-state index in [4.69, 9.17) is 4.74 Å². The van der Waals surface area contributed by atoms with Crippen molar-refractivity contribution in [3.63, 3.8) is 0 Å². The first-order valence-corrected chi connectivity index (χ1v) is 6.33. The van der Waals surface area contributed by atoms with Gasteiger partial charge >= 0.3 is 0 Å². The monoisotopic (exact) mass is 238 g/mol. The molecular formula is C12H22N4O. The summed E-state index contributed by atoms with van der Waals surface area (Å²) in [5, 5.41) is 8.40. The molecule has 1 aliphatic rings. The van der Waals surface area contributed by atoms with Gasteiger partial charge in [0.1, 0.15) is 5.69 Å². The molecular weight excluding hydrogens is 216 g/mol. The summed E-state index contributed by atoms with van der Waals surface area (Å²) in [6.07, 6.45) is 0. The summed E-state index contributed by atoms with van der Waals surface area (Å²) >= 11 is 0. The van der Waals surface area contributed by atoms with Crippen molar-refractivity contribution in [3.8, 4) is 0 Å². The number of fused-ring (bicyclic) bond motifs is 1. The van der Waals surface area contributed by atoms with E-state index in [-0.39, 0.29) is 0 Å². The van der Waals surface area contributed by atoms with Crippen molar-refractivity contribution in [2.75, 3.05) is 19.8 Å². The highest BCUT2D eigenvalue weighted by Gasteiger charge is 2.30. The van der Waals surface area contributed by atoms with Crippen LogP contribution in [0.2, 0.25) is 0 Å². The Balaban J connectivity index is 2.21. The molecule has 0 amide bonds. The van der Waals surface area contributed by atoms with Gasteiger partial charge in [-0.2, -0.15) is 0 Å². The molecule has 0 aromatic carbocycles. The van der Waals surface area contributed by atoms with Gasteiger partial charge in [0.25, 0.3) is 0 Å². The van der Waals surface area contributed by atoms with Gasteiger partial charge in [-0.1, -0.05) is 5.21 Å². The third kappa shape index (κ3) is 2.50. The van der Waals surface area contributed by atoms with E-state index in [1.807, 2.05) is 18.7 Å². The van der Waals surface area contributed by atoms with E-state index in [1.54, 1.807) is 0 Å². The van der Waals surface area contributed by atoms with Gasteiger partial charge in [-0.3, -0.25) is 9.58 Å². The summed E-state index contributed by atoms with van der Waals surface area (Å²) in [7, 11) is 1.97. The predicted octanol–water partition coefficient (Wildman–Crippen LogP) is 1.16. The maximum Gasteiger partial charge on any atom is 0.100 e. The van der Waals surface area contributed by atoms with Gasteiger partial charge in [0.05, 0.1) is 12.3 Å². The lowest BCUT2D eigenvalue weighted by atomic mass is 9.98. The van der Waals surface area contributed by atoms with Crippen LogP contribution in [0.25, 0.3) is 0 Å². The molecule has 0 saturated carbocycles. The van der Waals surface area contributed by atoms with Gasteiger partial charge in [-0.25, -0.2) is 0 Å². The van der Waals surface area contributed by atoms with Crippen LogP contribution in [0.15, 0.2) is 0 Å². The Kier molecular flexibility index (Phi) is 3.79. The molecule has 2 heterocycles. The lowest BCUT2D eigenvalue weighted by Gasteiger charge is -2.34. The topological polar surface area (TPSA) is 43.2 Å². The predicted molar refractivity (Wildman–Crippen MR) is 65.8 cm³/mol. The second-order valence-electron chi connectivity index (χ2n) is 4.92. The van der Waals surface area contributed by atoms with Crippen molar-refractivity contribution in [1.82, 2.24) is 19.9 Å². The standard InChI is InChI=1S/C12H22N4O/c1-5-17-8-10-6-16(9(2)3)7-11-12(10)15(4)14-13-11/h9-10H,5-8H2,1-4H3/t10-/m1/s1. The summed E-state index contributed by atoms with van der Waals surface area (Å²) in [5.74, 6) is 0.390. The molecule has 1 atom stereocenters. The zero-order valence-corrected chi connectivity index (χ0v) is 11.2. The highest BCUT2D eigenvalue weighted by atomic mass is 16.5. The smallest absolute Gasteiger partial charge is 0.100 e. The van der Waals surface area contributed by atoms with Crippen LogP contribution in [0.1, 0.15) is 38.1 Å². The fraction of sp³-hybridized carbons (Fsp3) is 0.833. The van der Waals surface area contributed by atoms with Gasteiger partial charge in [-0.05, 0) is 20.8 Å². The minimum atomic E-state index is 0.390. The minimum Gasteiger partial charge on any atom is -0.381 e. The van der Waals surface area contributed by atoms with E-state index in [0.717, 1.165) is 32.0 Å². The second-order valence-corrected chi connectivity index (χ2v) is 4.92. The molecule has 96 valence electrons. The first-order chi connectivity index (χ1) is 8.13. The third-order valence-electron chi connectivity index (χ3n) is 3.39. The summed E-state index contributed by atoms with van der Waals surface area (Å²) in [6.45, 7) is 9.94. The number of aromatic nitrogens is 3. The maximum absolute atomic E-state index is 5.59. The molecule has 5 nitrogen and oxygen atoms in total. The fourth-order valence-corrected chi connectivity index (χ4v) is 2.43. The van der Waals surface area contributed by atoms with E-state index < -0.39 is 0 Å². The Labute approximate surface area is 103 Å². The average Bonchev–Trinajstić information content (AvgIpc) is 2.68. The third-order valence-corrected chi connectivity index (χ3v) is 3.39. The highest BCUT2D eigenvalue weighted by molar-refractivity contribution is 5.19. The molecule has 0 N–H and O–H groups in total. The molecule has 2 rings (SSSR count). The molecule has 0 saturated heterocycles. The second kappa shape index (κ2) is 5.14. The lowest BCUT2D eigenvalue weighted by Crippen LogP contribution is -2.40. The largest absolute Gasteiger partial charge is 0.381 e. The molecule has 0 unspecified atom stereocenters.